The van der Waals surface area contributed by atoms with Crippen molar-refractivity contribution in [1.29, 1.82) is 0 Å². The first-order valence-electron chi connectivity index (χ1n) is 8.51. The zero-order chi connectivity index (χ0) is 14.4. The second-order valence-electron chi connectivity index (χ2n) is 7.00. The average Bonchev–Trinajstić information content (AvgIpc) is 2.46. The molecule has 0 radical (unpaired) electrons. The summed E-state index contributed by atoms with van der Waals surface area (Å²) >= 11 is 0. The summed E-state index contributed by atoms with van der Waals surface area (Å²) in [6, 6.07) is 0.699. The SMILES string of the molecule is CC(C)C(CNCC1CCNCC1)N1CCN(C)CC1. The van der Waals surface area contributed by atoms with Crippen LogP contribution >= 0.6 is 0 Å². The zero-order valence-electron chi connectivity index (χ0n) is 13.7. The second kappa shape index (κ2) is 8.32. The van der Waals surface area contributed by atoms with Gasteiger partial charge in [-0.1, -0.05) is 13.8 Å². The number of hydrogen-bond donors (Lipinski definition) is 2. The van der Waals surface area contributed by atoms with Crippen LogP contribution in [-0.4, -0.2) is 75.2 Å². The maximum Gasteiger partial charge on any atom is 0.0244 e. The van der Waals surface area contributed by atoms with Gasteiger partial charge in [0.2, 0.25) is 0 Å². The lowest BCUT2D eigenvalue weighted by molar-refractivity contribution is 0.0868. The third-order valence-electron chi connectivity index (χ3n) is 5.02. The molecule has 0 bridgehead atoms. The van der Waals surface area contributed by atoms with Crippen LogP contribution in [0, 0.1) is 11.8 Å². The molecule has 2 heterocycles. The van der Waals surface area contributed by atoms with E-state index in [4.69, 9.17) is 0 Å². The molecule has 2 N–H and O–H groups in total. The molecule has 0 aromatic rings. The van der Waals surface area contributed by atoms with Gasteiger partial charge in [0.25, 0.3) is 0 Å². The Balaban J connectivity index is 1.71. The molecule has 118 valence electrons. The summed E-state index contributed by atoms with van der Waals surface area (Å²) in [5.41, 5.74) is 0. The van der Waals surface area contributed by atoms with Gasteiger partial charge in [-0.05, 0) is 51.4 Å². The first-order valence-corrected chi connectivity index (χ1v) is 8.51. The summed E-state index contributed by atoms with van der Waals surface area (Å²) in [5, 5.41) is 7.21. The lowest BCUT2D eigenvalue weighted by Gasteiger charge is -2.40. The van der Waals surface area contributed by atoms with Crippen LogP contribution in [0.3, 0.4) is 0 Å². The summed E-state index contributed by atoms with van der Waals surface area (Å²) < 4.78 is 0. The maximum absolute atomic E-state index is 3.76. The van der Waals surface area contributed by atoms with Gasteiger partial charge in [-0.2, -0.15) is 0 Å². The smallest absolute Gasteiger partial charge is 0.0244 e. The van der Waals surface area contributed by atoms with Crippen LogP contribution in [0.25, 0.3) is 0 Å². The first kappa shape index (κ1) is 16.2. The molecular weight excluding hydrogens is 248 g/mol. The van der Waals surface area contributed by atoms with Crippen molar-refractivity contribution < 1.29 is 0 Å². The van der Waals surface area contributed by atoms with Gasteiger partial charge in [0.1, 0.15) is 0 Å². The highest BCUT2D eigenvalue weighted by molar-refractivity contribution is 4.82. The van der Waals surface area contributed by atoms with E-state index in [1.165, 1.54) is 58.7 Å². The van der Waals surface area contributed by atoms with Crippen molar-refractivity contribution in [3.05, 3.63) is 0 Å². The summed E-state index contributed by atoms with van der Waals surface area (Å²) in [4.78, 5) is 5.14. The van der Waals surface area contributed by atoms with Gasteiger partial charge in [-0.3, -0.25) is 4.90 Å². The Kier molecular flexibility index (Phi) is 6.75. The number of nitrogens with one attached hydrogen (secondary N) is 2. The summed E-state index contributed by atoms with van der Waals surface area (Å²) in [7, 11) is 2.23. The molecule has 0 amide bonds. The molecule has 2 aliphatic rings. The van der Waals surface area contributed by atoms with Crippen LogP contribution in [-0.2, 0) is 0 Å². The van der Waals surface area contributed by atoms with Crippen molar-refractivity contribution in [3.8, 4) is 0 Å². The molecule has 1 atom stereocenters. The number of piperazine rings is 1. The van der Waals surface area contributed by atoms with Gasteiger partial charge < -0.3 is 15.5 Å². The third kappa shape index (κ3) is 4.99. The van der Waals surface area contributed by atoms with Crippen LogP contribution in [0.4, 0.5) is 0 Å². The Bertz CT molecular complexity index is 255. The quantitative estimate of drug-likeness (QED) is 0.756. The molecular formula is C16H34N4. The fourth-order valence-corrected chi connectivity index (χ4v) is 3.46. The van der Waals surface area contributed by atoms with E-state index in [0.717, 1.165) is 18.4 Å². The van der Waals surface area contributed by atoms with Crippen LogP contribution in [0.15, 0.2) is 0 Å². The normalized spacial score (nSPS) is 25.2. The summed E-state index contributed by atoms with van der Waals surface area (Å²) in [6.07, 6.45) is 2.68. The summed E-state index contributed by atoms with van der Waals surface area (Å²) in [6.45, 7) is 14.4. The maximum atomic E-state index is 3.76. The molecule has 2 rings (SSSR count). The minimum atomic E-state index is 0.699. The molecule has 4 nitrogen and oxygen atoms in total. The number of likely N-dealkylation sites (N-methyl/N-ethyl adjacent to an activating group) is 1. The Morgan fingerprint density at radius 3 is 2.35 bits per heavy atom. The van der Waals surface area contributed by atoms with Gasteiger partial charge in [-0.15, -0.1) is 0 Å². The van der Waals surface area contributed by atoms with E-state index in [0.29, 0.717) is 6.04 Å². The van der Waals surface area contributed by atoms with Crippen molar-refractivity contribution in [3.63, 3.8) is 0 Å². The zero-order valence-corrected chi connectivity index (χ0v) is 13.7. The van der Waals surface area contributed by atoms with Crippen LogP contribution < -0.4 is 10.6 Å². The lowest BCUT2D eigenvalue weighted by atomic mass is 9.97. The average molecular weight is 282 g/mol. The standard InChI is InChI=1S/C16H34N4/c1-14(2)16(20-10-8-19(3)9-11-20)13-18-12-15-4-6-17-7-5-15/h14-18H,4-13H2,1-3H3. The second-order valence-corrected chi connectivity index (χ2v) is 7.00. The molecule has 2 aliphatic heterocycles. The van der Waals surface area contributed by atoms with Gasteiger partial charge >= 0.3 is 0 Å². The summed E-state index contributed by atoms with van der Waals surface area (Å²) in [5.74, 6) is 1.62. The van der Waals surface area contributed by atoms with E-state index in [9.17, 15) is 0 Å². The molecule has 0 aromatic carbocycles. The lowest BCUT2D eigenvalue weighted by Crippen LogP contribution is -2.54. The molecule has 20 heavy (non-hydrogen) atoms. The molecule has 0 saturated carbocycles. The number of rotatable bonds is 6. The van der Waals surface area contributed by atoms with Gasteiger partial charge in [-0.25, -0.2) is 0 Å². The highest BCUT2D eigenvalue weighted by atomic mass is 15.3. The first-order chi connectivity index (χ1) is 9.66. The Labute approximate surface area is 125 Å². The fraction of sp³-hybridized carbons (Fsp3) is 1.00. The Hall–Kier alpha value is -0.160. The molecule has 4 heteroatoms. The van der Waals surface area contributed by atoms with Crippen LogP contribution in [0.1, 0.15) is 26.7 Å². The van der Waals surface area contributed by atoms with Crippen LogP contribution in [0.5, 0.6) is 0 Å². The Morgan fingerprint density at radius 2 is 1.75 bits per heavy atom. The Morgan fingerprint density at radius 1 is 1.10 bits per heavy atom. The number of nitrogens with zero attached hydrogens (tertiary/aromatic N) is 2. The molecule has 0 spiro atoms. The van der Waals surface area contributed by atoms with Crippen molar-refractivity contribution in [1.82, 2.24) is 20.4 Å². The molecule has 0 aromatic heterocycles. The van der Waals surface area contributed by atoms with E-state index in [-0.39, 0.29) is 0 Å². The molecule has 2 saturated heterocycles. The third-order valence-corrected chi connectivity index (χ3v) is 5.02. The number of hydrogen-bond acceptors (Lipinski definition) is 4. The minimum Gasteiger partial charge on any atom is -0.317 e. The highest BCUT2D eigenvalue weighted by Gasteiger charge is 2.24. The van der Waals surface area contributed by atoms with Gasteiger partial charge in [0.15, 0.2) is 0 Å². The monoisotopic (exact) mass is 282 g/mol. The minimum absolute atomic E-state index is 0.699. The highest BCUT2D eigenvalue weighted by Crippen LogP contribution is 2.14. The van der Waals surface area contributed by atoms with E-state index in [1.54, 1.807) is 0 Å². The van der Waals surface area contributed by atoms with Crippen molar-refractivity contribution in [2.24, 2.45) is 11.8 Å². The van der Waals surface area contributed by atoms with Gasteiger partial charge in [0.05, 0.1) is 0 Å². The molecule has 0 aliphatic carbocycles. The molecule has 1 unspecified atom stereocenters. The molecule has 2 fully saturated rings. The van der Waals surface area contributed by atoms with E-state index >= 15 is 0 Å². The van der Waals surface area contributed by atoms with E-state index < -0.39 is 0 Å². The largest absolute Gasteiger partial charge is 0.317 e. The van der Waals surface area contributed by atoms with Gasteiger partial charge in [0, 0.05) is 38.8 Å². The van der Waals surface area contributed by atoms with Crippen molar-refractivity contribution in [2.45, 2.75) is 32.7 Å². The van der Waals surface area contributed by atoms with E-state index in [2.05, 4.69) is 41.3 Å². The predicted molar refractivity (Wildman–Crippen MR) is 86.2 cm³/mol. The number of piperidine rings is 1. The van der Waals surface area contributed by atoms with E-state index in [1.807, 2.05) is 0 Å². The topological polar surface area (TPSA) is 30.5 Å². The van der Waals surface area contributed by atoms with Crippen molar-refractivity contribution in [2.75, 3.05) is 59.4 Å². The van der Waals surface area contributed by atoms with Crippen LogP contribution in [0.2, 0.25) is 0 Å². The predicted octanol–water partition coefficient (Wildman–Crippen LogP) is 0.848. The van der Waals surface area contributed by atoms with Crippen molar-refractivity contribution >= 4 is 0 Å². The fourth-order valence-electron chi connectivity index (χ4n) is 3.46.